The van der Waals surface area contributed by atoms with Gasteiger partial charge in [-0.1, -0.05) is 18.2 Å². The molecule has 168 valence electrons. The molecular weight excluding hydrogens is 416 g/mol. The van der Waals surface area contributed by atoms with E-state index in [9.17, 15) is 4.79 Å². The molecule has 0 amide bonds. The lowest BCUT2D eigenvalue weighted by Gasteiger charge is -2.27. The summed E-state index contributed by atoms with van der Waals surface area (Å²) in [6.07, 6.45) is 3.63. The molecule has 0 unspecified atom stereocenters. The first-order valence-electron chi connectivity index (χ1n) is 11.0. The predicted molar refractivity (Wildman–Crippen MR) is 127 cm³/mol. The summed E-state index contributed by atoms with van der Waals surface area (Å²) in [5.41, 5.74) is 9.29. The number of carbonyl (C=O) groups excluding carboxylic acids is 1. The Morgan fingerprint density at radius 3 is 2.67 bits per heavy atom. The van der Waals surface area contributed by atoms with E-state index in [1.807, 2.05) is 18.2 Å². The van der Waals surface area contributed by atoms with E-state index < -0.39 is 0 Å². The fourth-order valence-electron chi connectivity index (χ4n) is 4.62. The lowest BCUT2D eigenvalue weighted by Crippen LogP contribution is -2.13. The van der Waals surface area contributed by atoms with Crippen molar-refractivity contribution in [3.63, 3.8) is 0 Å². The quantitative estimate of drug-likeness (QED) is 0.383. The van der Waals surface area contributed by atoms with Crippen molar-refractivity contribution in [3.8, 4) is 28.4 Å². The van der Waals surface area contributed by atoms with E-state index in [1.165, 1.54) is 41.0 Å². The number of methoxy groups -OCH3 is 2. The van der Waals surface area contributed by atoms with E-state index in [4.69, 9.17) is 18.9 Å². The van der Waals surface area contributed by atoms with Crippen LogP contribution in [0.3, 0.4) is 0 Å². The van der Waals surface area contributed by atoms with Gasteiger partial charge in [-0.3, -0.25) is 0 Å². The summed E-state index contributed by atoms with van der Waals surface area (Å²) >= 11 is 0. The van der Waals surface area contributed by atoms with Crippen molar-refractivity contribution in [2.45, 2.75) is 26.4 Å². The highest BCUT2D eigenvalue weighted by molar-refractivity contribution is 5.93. The minimum Gasteiger partial charge on any atom is -0.496 e. The largest absolute Gasteiger partial charge is 0.496 e. The lowest BCUT2D eigenvalue weighted by molar-refractivity contribution is -0.134. The molecule has 1 aliphatic heterocycles. The highest BCUT2D eigenvalue weighted by atomic mass is 16.5. The molecular formula is C28H26O5. The fraction of sp³-hybridized carbons (Fsp3) is 0.250. The van der Waals surface area contributed by atoms with Crippen LogP contribution in [0.5, 0.6) is 17.2 Å². The first kappa shape index (κ1) is 21.1. The van der Waals surface area contributed by atoms with E-state index in [0.29, 0.717) is 19.0 Å². The van der Waals surface area contributed by atoms with Crippen LogP contribution in [-0.4, -0.2) is 26.8 Å². The average molecular weight is 443 g/mol. The van der Waals surface area contributed by atoms with Crippen molar-refractivity contribution in [1.82, 2.24) is 0 Å². The third kappa shape index (κ3) is 3.95. The van der Waals surface area contributed by atoms with Crippen LogP contribution in [0.4, 0.5) is 0 Å². The summed E-state index contributed by atoms with van der Waals surface area (Å²) in [5.74, 6) is 2.05. The number of esters is 1. The number of fused-ring (bicyclic) bond motifs is 2. The van der Waals surface area contributed by atoms with Crippen LogP contribution < -0.4 is 14.2 Å². The second-order valence-corrected chi connectivity index (χ2v) is 8.36. The monoisotopic (exact) mass is 442 g/mol. The van der Waals surface area contributed by atoms with Crippen LogP contribution in [0.15, 0.2) is 54.6 Å². The second-order valence-electron chi connectivity index (χ2n) is 8.36. The van der Waals surface area contributed by atoms with Crippen LogP contribution >= 0.6 is 0 Å². The van der Waals surface area contributed by atoms with Gasteiger partial charge in [0, 0.05) is 23.3 Å². The van der Waals surface area contributed by atoms with Crippen molar-refractivity contribution in [1.29, 1.82) is 0 Å². The van der Waals surface area contributed by atoms with Gasteiger partial charge in [0.25, 0.3) is 0 Å². The van der Waals surface area contributed by atoms with Gasteiger partial charge in [-0.15, -0.1) is 0 Å². The molecule has 0 spiro atoms. The van der Waals surface area contributed by atoms with Crippen LogP contribution in [-0.2, 0) is 29.0 Å². The van der Waals surface area contributed by atoms with Gasteiger partial charge in [-0.05, 0) is 77.4 Å². The van der Waals surface area contributed by atoms with E-state index in [2.05, 4.69) is 37.3 Å². The van der Waals surface area contributed by atoms with Crippen LogP contribution in [0.25, 0.3) is 16.7 Å². The Labute approximate surface area is 193 Å². The van der Waals surface area contributed by atoms with E-state index in [0.717, 1.165) is 41.0 Å². The van der Waals surface area contributed by atoms with Crippen molar-refractivity contribution >= 4 is 11.5 Å². The molecule has 3 aromatic carbocycles. The second kappa shape index (κ2) is 8.66. The van der Waals surface area contributed by atoms with Gasteiger partial charge in [0.2, 0.25) is 0 Å². The van der Waals surface area contributed by atoms with Gasteiger partial charge in [-0.2, -0.15) is 0 Å². The Morgan fingerprint density at radius 2 is 1.91 bits per heavy atom. The Balaban J connectivity index is 1.34. The number of benzene rings is 3. The zero-order valence-electron chi connectivity index (χ0n) is 19.1. The van der Waals surface area contributed by atoms with Crippen LogP contribution in [0.2, 0.25) is 0 Å². The molecule has 5 nitrogen and oxygen atoms in total. The molecule has 1 heterocycles. The molecule has 0 bridgehead atoms. The Kier molecular flexibility index (Phi) is 5.55. The molecule has 0 saturated heterocycles. The molecule has 0 N–H and O–H groups in total. The third-order valence-corrected chi connectivity index (χ3v) is 6.35. The first-order valence-corrected chi connectivity index (χ1v) is 11.0. The molecule has 2 aliphatic rings. The van der Waals surface area contributed by atoms with Crippen molar-refractivity contribution in [2.24, 2.45) is 0 Å². The van der Waals surface area contributed by atoms with Gasteiger partial charge < -0.3 is 18.9 Å². The van der Waals surface area contributed by atoms with Crippen LogP contribution in [0, 0.1) is 6.92 Å². The Bertz CT molecular complexity index is 1270. The number of hydrogen-bond acceptors (Lipinski definition) is 5. The molecule has 0 atom stereocenters. The first-order chi connectivity index (χ1) is 16.1. The highest BCUT2D eigenvalue weighted by Gasteiger charge is 2.24. The number of ether oxygens (including phenoxy) is 4. The highest BCUT2D eigenvalue weighted by Crippen LogP contribution is 2.42. The molecule has 5 heteroatoms. The van der Waals surface area contributed by atoms with E-state index >= 15 is 0 Å². The third-order valence-electron chi connectivity index (χ3n) is 6.35. The number of hydrogen-bond donors (Lipinski definition) is 0. The van der Waals surface area contributed by atoms with Crippen molar-refractivity contribution in [2.75, 3.05) is 20.8 Å². The van der Waals surface area contributed by atoms with E-state index in [-0.39, 0.29) is 5.97 Å². The normalized spacial score (nSPS) is 14.7. The summed E-state index contributed by atoms with van der Waals surface area (Å²) in [5, 5.41) is 0. The molecule has 0 fully saturated rings. The molecule has 3 aromatic rings. The summed E-state index contributed by atoms with van der Waals surface area (Å²) in [6, 6.07) is 16.4. The number of aryl methyl sites for hydroxylation is 1. The zero-order chi connectivity index (χ0) is 22.9. The molecule has 1 aliphatic carbocycles. The summed E-state index contributed by atoms with van der Waals surface area (Å²) < 4.78 is 22.1. The molecule has 0 saturated carbocycles. The molecule has 0 aromatic heterocycles. The SMILES string of the molecule is COC(=O)/C=C1\COc2cc(OCc3cccc(-c4c(C)cc(OC)c5c4CC5)c3)ccc21. The van der Waals surface area contributed by atoms with Crippen molar-refractivity contribution < 1.29 is 23.7 Å². The topological polar surface area (TPSA) is 54.0 Å². The maximum Gasteiger partial charge on any atom is 0.330 e. The van der Waals surface area contributed by atoms with Gasteiger partial charge in [0.15, 0.2) is 0 Å². The minimum atomic E-state index is -0.385. The molecule has 0 radical (unpaired) electrons. The Morgan fingerprint density at radius 1 is 1.06 bits per heavy atom. The molecule has 5 rings (SSSR count). The molecule has 33 heavy (non-hydrogen) atoms. The number of rotatable bonds is 6. The minimum absolute atomic E-state index is 0.349. The van der Waals surface area contributed by atoms with E-state index in [1.54, 1.807) is 7.11 Å². The summed E-state index contributed by atoms with van der Waals surface area (Å²) in [7, 11) is 3.11. The Hall–Kier alpha value is -3.73. The van der Waals surface area contributed by atoms with Gasteiger partial charge in [0.05, 0.1) is 14.2 Å². The zero-order valence-corrected chi connectivity index (χ0v) is 19.1. The van der Waals surface area contributed by atoms with Gasteiger partial charge >= 0.3 is 5.97 Å². The maximum atomic E-state index is 11.5. The fourth-order valence-corrected chi connectivity index (χ4v) is 4.62. The van der Waals surface area contributed by atoms with Crippen molar-refractivity contribution in [3.05, 3.63) is 82.4 Å². The summed E-state index contributed by atoms with van der Waals surface area (Å²) in [4.78, 5) is 11.5. The van der Waals surface area contributed by atoms with Gasteiger partial charge in [-0.25, -0.2) is 4.79 Å². The van der Waals surface area contributed by atoms with Gasteiger partial charge in [0.1, 0.15) is 30.5 Å². The lowest BCUT2D eigenvalue weighted by atomic mass is 9.79. The standard InChI is InChI=1S/C28H26O5/c1-17-11-25(30-2)23-9-10-24(23)28(17)19-6-4-5-18(12-19)15-32-21-7-8-22-20(13-27(29)31-3)16-33-26(22)14-21/h4-8,11-14H,9-10,15-16H2,1-3H3/b20-13+. The number of carbonyl (C=O) groups is 1. The summed E-state index contributed by atoms with van der Waals surface area (Å²) in [6.45, 7) is 2.95. The smallest absolute Gasteiger partial charge is 0.330 e. The van der Waals surface area contributed by atoms with Crippen LogP contribution in [0.1, 0.15) is 27.8 Å². The predicted octanol–water partition coefficient (Wildman–Crippen LogP) is 5.30. The average Bonchev–Trinajstić information content (AvgIpc) is 3.20. The maximum absolute atomic E-state index is 11.5.